The van der Waals surface area contributed by atoms with Crippen molar-refractivity contribution in [3.63, 3.8) is 0 Å². The molecule has 2 aromatic rings. The van der Waals surface area contributed by atoms with E-state index in [1.54, 1.807) is 18.7 Å². The molecule has 2 heterocycles. The minimum Gasteiger partial charge on any atom is -0.376 e. The molecule has 0 radical (unpaired) electrons. The van der Waals surface area contributed by atoms with E-state index in [2.05, 4.69) is 20.2 Å². The predicted octanol–water partition coefficient (Wildman–Crippen LogP) is 3.09. The number of rotatable bonds is 9. The lowest BCUT2D eigenvalue weighted by atomic mass is 9.95. The summed E-state index contributed by atoms with van der Waals surface area (Å²) in [5.74, 6) is -1.08. The standard InChI is InChI=1S/C24H33N5O4S/c1-6-15(2)20(30)25-19(24(3,4)33-5)23(32)29-14-10-13-17(29)21(31)26-22-18(27-28-34-22)16-11-8-7-9-12-16/h7-9,11-12,15,17,19H,6,10,13-14H2,1-5H3,(H,25,30)(H,26,31)/t15-,17+,19?/m1/s1. The minimum atomic E-state index is -0.952. The first-order valence-electron chi connectivity index (χ1n) is 11.5. The van der Waals surface area contributed by atoms with Crippen LogP contribution >= 0.6 is 11.5 Å². The van der Waals surface area contributed by atoms with Crippen LogP contribution in [-0.2, 0) is 19.1 Å². The highest BCUT2D eigenvalue weighted by Gasteiger charge is 2.44. The van der Waals surface area contributed by atoms with E-state index in [0.29, 0.717) is 36.5 Å². The van der Waals surface area contributed by atoms with E-state index >= 15 is 0 Å². The van der Waals surface area contributed by atoms with E-state index in [4.69, 9.17) is 4.74 Å². The number of carbonyl (C=O) groups is 3. The summed E-state index contributed by atoms with van der Waals surface area (Å²) in [5.41, 5.74) is 0.487. The fourth-order valence-electron chi connectivity index (χ4n) is 3.84. The number of nitrogens with one attached hydrogen (secondary N) is 2. The van der Waals surface area contributed by atoms with Crippen LogP contribution in [0.2, 0.25) is 0 Å². The molecule has 3 amide bonds. The average Bonchev–Trinajstić information content (AvgIpc) is 3.51. The Morgan fingerprint density at radius 3 is 2.62 bits per heavy atom. The van der Waals surface area contributed by atoms with Gasteiger partial charge in [0.1, 0.15) is 22.8 Å². The van der Waals surface area contributed by atoms with Gasteiger partial charge in [-0.05, 0) is 33.1 Å². The maximum absolute atomic E-state index is 13.6. The van der Waals surface area contributed by atoms with Gasteiger partial charge in [0, 0.05) is 36.7 Å². The van der Waals surface area contributed by atoms with Gasteiger partial charge in [-0.2, -0.15) is 0 Å². The van der Waals surface area contributed by atoms with E-state index in [1.165, 1.54) is 7.11 Å². The molecule has 34 heavy (non-hydrogen) atoms. The highest BCUT2D eigenvalue weighted by molar-refractivity contribution is 7.10. The summed E-state index contributed by atoms with van der Waals surface area (Å²) < 4.78 is 9.56. The van der Waals surface area contributed by atoms with Crippen LogP contribution < -0.4 is 10.6 Å². The second-order valence-electron chi connectivity index (χ2n) is 9.05. The molecule has 1 aliphatic heterocycles. The van der Waals surface area contributed by atoms with Gasteiger partial charge in [-0.15, -0.1) is 5.10 Å². The van der Waals surface area contributed by atoms with Gasteiger partial charge in [0.25, 0.3) is 0 Å². The number of anilines is 1. The topological polar surface area (TPSA) is 114 Å². The first kappa shape index (κ1) is 25.8. The van der Waals surface area contributed by atoms with Gasteiger partial charge in [0.15, 0.2) is 0 Å². The second-order valence-corrected chi connectivity index (χ2v) is 9.81. The number of aromatic nitrogens is 2. The molecule has 3 rings (SSSR count). The molecule has 0 aliphatic carbocycles. The lowest BCUT2D eigenvalue weighted by Crippen LogP contribution is -2.61. The number of amides is 3. The lowest BCUT2D eigenvalue weighted by Gasteiger charge is -2.37. The molecule has 1 aliphatic rings. The van der Waals surface area contributed by atoms with Gasteiger partial charge in [0.05, 0.1) is 5.60 Å². The van der Waals surface area contributed by atoms with Crippen molar-refractivity contribution in [3.05, 3.63) is 30.3 Å². The number of hydrogen-bond donors (Lipinski definition) is 2. The number of methoxy groups -OCH3 is 1. The van der Waals surface area contributed by atoms with Crippen molar-refractivity contribution in [2.75, 3.05) is 19.0 Å². The van der Waals surface area contributed by atoms with Crippen molar-refractivity contribution in [1.29, 1.82) is 0 Å². The molecule has 10 heteroatoms. The Labute approximate surface area is 204 Å². The van der Waals surface area contributed by atoms with Crippen LogP contribution in [0, 0.1) is 5.92 Å². The normalized spacial score (nSPS) is 17.8. The zero-order valence-electron chi connectivity index (χ0n) is 20.3. The molecule has 2 N–H and O–H groups in total. The number of likely N-dealkylation sites (tertiary alicyclic amines) is 1. The average molecular weight is 488 g/mol. The molecule has 184 valence electrons. The van der Waals surface area contributed by atoms with Gasteiger partial charge < -0.3 is 20.3 Å². The molecular weight excluding hydrogens is 454 g/mol. The Kier molecular flexibility index (Phi) is 8.37. The van der Waals surface area contributed by atoms with Gasteiger partial charge in [-0.3, -0.25) is 14.4 Å². The van der Waals surface area contributed by atoms with Gasteiger partial charge in [0.2, 0.25) is 17.7 Å². The molecule has 1 saturated heterocycles. The number of nitrogens with zero attached hydrogens (tertiary/aromatic N) is 3. The molecule has 3 atom stereocenters. The Hall–Kier alpha value is -2.85. The third-order valence-corrected chi connectivity index (χ3v) is 7.07. The van der Waals surface area contributed by atoms with Crippen LogP contribution in [0.1, 0.15) is 47.0 Å². The smallest absolute Gasteiger partial charge is 0.248 e. The Morgan fingerprint density at radius 2 is 1.97 bits per heavy atom. The second kappa shape index (κ2) is 11.1. The van der Waals surface area contributed by atoms with Crippen molar-refractivity contribution in [3.8, 4) is 11.3 Å². The van der Waals surface area contributed by atoms with Crippen LogP contribution in [0.25, 0.3) is 11.3 Å². The summed E-state index contributed by atoms with van der Waals surface area (Å²) >= 11 is 1.10. The van der Waals surface area contributed by atoms with Crippen molar-refractivity contribution >= 4 is 34.3 Å². The zero-order chi connectivity index (χ0) is 24.9. The quantitative estimate of drug-likeness (QED) is 0.562. The first-order chi connectivity index (χ1) is 16.2. The third kappa shape index (κ3) is 5.61. The number of ether oxygens (including phenoxy) is 1. The SMILES string of the molecule is CC[C@@H](C)C(=O)NC(C(=O)N1CCC[C@H]1C(=O)Nc1snnc1-c1ccccc1)C(C)(C)OC. The molecule has 1 aromatic heterocycles. The molecular formula is C24H33N5O4S. The van der Waals surface area contributed by atoms with Gasteiger partial charge in [-0.25, -0.2) is 0 Å². The van der Waals surface area contributed by atoms with Crippen LogP contribution in [-0.4, -0.2) is 63.5 Å². The molecule has 1 aromatic carbocycles. The Morgan fingerprint density at radius 1 is 1.26 bits per heavy atom. The van der Waals surface area contributed by atoms with E-state index in [0.717, 1.165) is 17.1 Å². The summed E-state index contributed by atoms with van der Waals surface area (Å²) in [6.07, 6.45) is 1.88. The summed E-state index contributed by atoms with van der Waals surface area (Å²) in [5, 5.41) is 10.5. The van der Waals surface area contributed by atoms with Crippen molar-refractivity contribution in [2.45, 2.75) is 64.6 Å². The fraction of sp³-hybridized carbons (Fsp3) is 0.542. The van der Waals surface area contributed by atoms with Crippen molar-refractivity contribution < 1.29 is 19.1 Å². The number of carbonyl (C=O) groups excluding carboxylic acids is 3. The van der Waals surface area contributed by atoms with E-state index in [9.17, 15) is 14.4 Å². The van der Waals surface area contributed by atoms with E-state index in [1.807, 2.05) is 44.2 Å². The number of benzene rings is 1. The van der Waals surface area contributed by atoms with E-state index < -0.39 is 17.7 Å². The highest BCUT2D eigenvalue weighted by Crippen LogP contribution is 2.30. The summed E-state index contributed by atoms with van der Waals surface area (Å²) in [4.78, 5) is 41.1. The van der Waals surface area contributed by atoms with Crippen LogP contribution in [0.4, 0.5) is 5.00 Å². The summed E-state index contributed by atoms with van der Waals surface area (Å²) in [6, 6.07) is 7.91. The lowest BCUT2D eigenvalue weighted by molar-refractivity contribution is -0.148. The van der Waals surface area contributed by atoms with Gasteiger partial charge >= 0.3 is 0 Å². The minimum absolute atomic E-state index is 0.214. The molecule has 0 saturated carbocycles. The van der Waals surface area contributed by atoms with Crippen molar-refractivity contribution in [1.82, 2.24) is 19.8 Å². The molecule has 1 fully saturated rings. The zero-order valence-corrected chi connectivity index (χ0v) is 21.1. The summed E-state index contributed by atoms with van der Waals surface area (Å²) in [7, 11) is 1.51. The maximum atomic E-state index is 13.6. The maximum Gasteiger partial charge on any atom is 0.248 e. The number of hydrogen-bond acceptors (Lipinski definition) is 7. The highest BCUT2D eigenvalue weighted by atomic mass is 32.1. The predicted molar refractivity (Wildman–Crippen MR) is 131 cm³/mol. The third-order valence-electron chi connectivity index (χ3n) is 6.43. The first-order valence-corrected chi connectivity index (χ1v) is 12.3. The molecule has 1 unspecified atom stereocenters. The molecule has 0 spiro atoms. The van der Waals surface area contributed by atoms with Gasteiger partial charge in [-0.1, -0.05) is 48.7 Å². The monoisotopic (exact) mass is 487 g/mol. The largest absolute Gasteiger partial charge is 0.376 e. The Bertz CT molecular complexity index is 1010. The fourth-order valence-corrected chi connectivity index (χ4v) is 4.44. The Balaban J connectivity index is 1.79. The summed E-state index contributed by atoms with van der Waals surface area (Å²) in [6.45, 7) is 7.68. The van der Waals surface area contributed by atoms with Crippen LogP contribution in [0.15, 0.2) is 30.3 Å². The van der Waals surface area contributed by atoms with Crippen LogP contribution in [0.3, 0.4) is 0 Å². The van der Waals surface area contributed by atoms with Crippen molar-refractivity contribution in [2.24, 2.45) is 5.92 Å². The molecule has 0 bridgehead atoms. The molecule has 9 nitrogen and oxygen atoms in total. The van der Waals surface area contributed by atoms with E-state index in [-0.39, 0.29) is 23.6 Å². The van der Waals surface area contributed by atoms with Crippen LogP contribution in [0.5, 0.6) is 0 Å².